The van der Waals surface area contributed by atoms with E-state index in [1.54, 1.807) is 0 Å². The Morgan fingerprint density at radius 1 is 1.44 bits per heavy atom. The molecule has 2 rings (SSSR count). The second kappa shape index (κ2) is 5.27. The Hall–Kier alpha value is -1.75. The van der Waals surface area contributed by atoms with E-state index in [9.17, 15) is 4.79 Å². The van der Waals surface area contributed by atoms with Crippen molar-refractivity contribution in [3.05, 3.63) is 34.9 Å². The summed E-state index contributed by atoms with van der Waals surface area (Å²) in [6.07, 6.45) is 8.92. The maximum absolute atomic E-state index is 12.6. The number of hydrogen-bond acceptors (Lipinski definition) is 1. The SMILES string of the molecule is C#Cc1c(C)cccc1C(=O)N1CCCCC1C. The highest BCUT2D eigenvalue weighted by Gasteiger charge is 2.25. The number of nitrogens with zero attached hydrogens (tertiary/aromatic N) is 1. The van der Waals surface area contributed by atoms with Crippen molar-refractivity contribution in [1.29, 1.82) is 0 Å². The Balaban J connectivity index is 2.34. The highest BCUT2D eigenvalue weighted by Crippen LogP contribution is 2.21. The summed E-state index contributed by atoms with van der Waals surface area (Å²) in [5.74, 6) is 2.73. The molecule has 1 aromatic rings. The molecule has 1 atom stereocenters. The monoisotopic (exact) mass is 241 g/mol. The Kier molecular flexibility index (Phi) is 3.72. The van der Waals surface area contributed by atoms with Gasteiger partial charge in [-0.1, -0.05) is 18.1 Å². The predicted molar refractivity (Wildman–Crippen MR) is 73.5 cm³/mol. The fourth-order valence-electron chi connectivity index (χ4n) is 2.59. The van der Waals surface area contributed by atoms with Crippen LogP contribution >= 0.6 is 0 Å². The molecular formula is C16H19NO. The topological polar surface area (TPSA) is 20.3 Å². The molecule has 0 N–H and O–H groups in total. The smallest absolute Gasteiger partial charge is 0.255 e. The first-order chi connectivity index (χ1) is 8.65. The van der Waals surface area contributed by atoms with Crippen molar-refractivity contribution in [3.8, 4) is 12.3 Å². The third-order valence-corrected chi connectivity index (χ3v) is 3.71. The van der Waals surface area contributed by atoms with Crippen LogP contribution in [-0.4, -0.2) is 23.4 Å². The summed E-state index contributed by atoms with van der Waals surface area (Å²) < 4.78 is 0. The van der Waals surface area contributed by atoms with Gasteiger partial charge >= 0.3 is 0 Å². The van der Waals surface area contributed by atoms with Crippen LogP contribution in [0, 0.1) is 19.3 Å². The number of aryl methyl sites for hydroxylation is 1. The Labute approximate surface area is 109 Å². The van der Waals surface area contributed by atoms with Gasteiger partial charge in [-0.3, -0.25) is 4.79 Å². The predicted octanol–water partition coefficient (Wildman–Crippen LogP) is 2.99. The molecule has 0 aromatic heterocycles. The Morgan fingerprint density at radius 2 is 2.22 bits per heavy atom. The summed E-state index contributed by atoms with van der Waals surface area (Å²) >= 11 is 0. The number of carbonyl (C=O) groups is 1. The molecule has 1 aliphatic rings. The molecule has 2 heteroatoms. The molecule has 0 bridgehead atoms. The van der Waals surface area contributed by atoms with E-state index in [-0.39, 0.29) is 5.91 Å². The lowest BCUT2D eigenvalue weighted by Gasteiger charge is -2.33. The molecule has 2 nitrogen and oxygen atoms in total. The van der Waals surface area contributed by atoms with Gasteiger partial charge in [-0.2, -0.15) is 0 Å². The van der Waals surface area contributed by atoms with Crippen LogP contribution in [0.15, 0.2) is 18.2 Å². The highest BCUT2D eigenvalue weighted by molar-refractivity contribution is 5.97. The van der Waals surface area contributed by atoms with Crippen molar-refractivity contribution in [3.63, 3.8) is 0 Å². The van der Waals surface area contributed by atoms with Crippen molar-refractivity contribution in [1.82, 2.24) is 4.90 Å². The lowest BCUT2D eigenvalue weighted by Crippen LogP contribution is -2.42. The van der Waals surface area contributed by atoms with E-state index in [1.807, 2.05) is 30.0 Å². The normalized spacial score (nSPS) is 19.4. The standard InChI is InChI=1S/C16H19NO/c1-4-14-12(2)8-7-10-15(14)16(18)17-11-6-5-9-13(17)3/h1,7-8,10,13H,5-6,9,11H2,2-3H3. The molecule has 0 radical (unpaired) electrons. The quantitative estimate of drug-likeness (QED) is 0.692. The number of hydrogen-bond donors (Lipinski definition) is 0. The molecule has 1 unspecified atom stereocenters. The number of rotatable bonds is 1. The Morgan fingerprint density at radius 3 is 2.89 bits per heavy atom. The summed E-state index contributed by atoms with van der Waals surface area (Å²) in [6, 6.07) is 6.01. The zero-order valence-corrected chi connectivity index (χ0v) is 11.1. The minimum absolute atomic E-state index is 0.0823. The number of piperidine rings is 1. The molecule has 0 saturated carbocycles. The van der Waals surface area contributed by atoms with E-state index in [1.165, 1.54) is 6.42 Å². The van der Waals surface area contributed by atoms with Gasteiger partial charge in [-0.05, 0) is 44.7 Å². The first kappa shape index (κ1) is 12.7. The van der Waals surface area contributed by atoms with Gasteiger partial charge in [-0.15, -0.1) is 6.42 Å². The van der Waals surface area contributed by atoms with Crippen LogP contribution < -0.4 is 0 Å². The van der Waals surface area contributed by atoms with E-state index in [0.29, 0.717) is 11.6 Å². The molecule has 0 aliphatic carbocycles. The van der Waals surface area contributed by atoms with Gasteiger partial charge in [-0.25, -0.2) is 0 Å². The molecule has 18 heavy (non-hydrogen) atoms. The fourth-order valence-corrected chi connectivity index (χ4v) is 2.59. The summed E-state index contributed by atoms with van der Waals surface area (Å²) in [5.41, 5.74) is 2.40. The van der Waals surface area contributed by atoms with Crippen LogP contribution in [0.25, 0.3) is 0 Å². The van der Waals surface area contributed by atoms with Crippen molar-refractivity contribution in [2.45, 2.75) is 39.2 Å². The molecule has 1 heterocycles. The second-order valence-electron chi connectivity index (χ2n) is 4.99. The van der Waals surface area contributed by atoms with E-state index in [2.05, 4.69) is 12.8 Å². The van der Waals surface area contributed by atoms with Gasteiger partial charge in [0.1, 0.15) is 0 Å². The number of likely N-dealkylation sites (tertiary alicyclic amines) is 1. The second-order valence-corrected chi connectivity index (χ2v) is 4.99. The molecule has 1 fully saturated rings. The van der Waals surface area contributed by atoms with Crippen molar-refractivity contribution in [2.24, 2.45) is 0 Å². The first-order valence-electron chi connectivity index (χ1n) is 6.52. The van der Waals surface area contributed by atoms with Crippen LogP contribution in [0.2, 0.25) is 0 Å². The lowest BCUT2D eigenvalue weighted by atomic mass is 9.98. The Bertz CT molecular complexity index is 498. The van der Waals surface area contributed by atoms with Crippen LogP contribution in [-0.2, 0) is 0 Å². The van der Waals surface area contributed by atoms with E-state index >= 15 is 0 Å². The number of amides is 1. The summed E-state index contributed by atoms with van der Waals surface area (Å²) in [4.78, 5) is 14.5. The highest BCUT2D eigenvalue weighted by atomic mass is 16.2. The lowest BCUT2D eigenvalue weighted by molar-refractivity contribution is 0.0635. The third-order valence-electron chi connectivity index (χ3n) is 3.71. The molecule has 94 valence electrons. The molecule has 0 spiro atoms. The average molecular weight is 241 g/mol. The van der Waals surface area contributed by atoms with Gasteiger partial charge in [0.05, 0.1) is 5.56 Å². The zero-order valence-electron chi connectivity index (χ0n) is 11.1. The largest absolute Gasteiger partial charge is 0.336 e. The van der Waals surface area contributed by atoms with E-state index in [4.69, 9.17) is 6.42 Å². The first-order valence-corrected chi connectivity index (χ1v) is 6.52. The summed E-state index contributed by atoms with van der Waals surface area (Å²) in [5, 5.41) is 0. The van der Waals surface area contributed by atoms with E-state index < -0.39 is 0 Å². The maximum atomic E-state index is 12.6. The van der Waals surface area contributed by atoms with Crippen molar-refractivity contribution < 1.29 is 4.79 Å². The van der Waals surface area contributed by atoms with Crippen molar-refractivity contribution in [2.75, 3.05) is 6.54 Å². The van der Waals surface area contributed by atoms with Gasteiger partial charge < -0.3 is 4.90 Å². The van der Waals surface area contributed by atoms with Gasteiger partial charge in [0.15, 0.2) is 0 Å². The molecule has 1 aliphatic heterocycles. The summed E-state index contributed by atoms with van der Waals surface area (Å²) in [7, 11) is 0. The number of terminal acetylenes is 1. The maximum Gasteiger partial charge on any atom is 0.255 e. The minimum atomic E-state index is 0.0823. The van der Waals surface area contributed by atoms with Crippen LogP contribution in [0.1, 0.15) is 47.7 Å². The van der Waals surface area contributed by atoms with Gasteiger partial charge in [0.25, 0.3) is 5.91 Å². The van der Waals surface area contributed by atoms with Crippen LogP contribution in [0.3, 0.4) is 0 Å². The van der Waals surface area contributed by atoms with Gasteiger partial charge in [0, 0.05) is 18.2 Å². The van der Waals surface area contributed by atoms with Gasteiger partial charge in [0.2, 0.25) is 0 Å². The van der Waals surface area contributed by atoms with E-state index in [0.717, 1.165) is 30.5 Å². The third kappa shape index (κ3) is 2.26. The minimum Gasteiger partial charge on any atom is -0.336 e. The molecule has 1 amide bonds. The van der Waals surface area contributed by atoms with Crippen LogP contribution in [0.4, 0.5) is 0 Å². The average Bonchev–Trinajstić information content (AvgIpc) is 2.38. The molecular weight excluding hydrogens is 222 g/mol. The molecule has 1 aromatic carbocycles. The summed E-state index contributed by atoms with van der Waals surface area (Å²) in [6.45, 7) is 4.91. The van der Waals surface area contributed by atoms with Crippen LogP contribution in [0.5, 0.6) is 0 Å². The number of carbonyl (C=O) groups excluding carboxylic acids is 1. The molecule has 1 saturated heterocycles. The fraction of sp³-hybridized carbons (Fsp3) is 0.438. The number of benzene rings is 1. The van der Waals surface area contributed by atoms with Crippen molar-refractivity contribution >= 4 is 5.91 Å². The zero-order chi connectivity index (χ0) is 13.1.